The average Bonchev–Trinajstić information content (AvgIpc) is 2.91. The summed E-state index contributed by atoms with van der Waals surface area (Å²) in [5.74, 6) is 0.397. The Morgan fingerprint density at radius 2 is 1.63 bits per heavy atom. The van der Waals surface area contributed by atoms with E-state index in [1.807, 2.05) is 25.1 Å². The smallest absolute Gasteiger partial charge is 0.244 e. The molecule has 9 nitrogen and oxygen atoms in total. The fraction of sp³-hybridized carbons (Fsp3) is 0.500. The molecule has 1 N–H and O–H groups in total. The number of sulfonamides is 1. The SMILES string of the molecule is CC[C@H](C(=O)NC1CCCCC1)N(Cc1cccc(OC)c1)C(=O)CN(c1cccc(OC)c1)S(C)(=O)=O. The maximum atomic E-state index is 13.9. The highest BCUT2D eigenvalue weighted by molar-refractivity contribution is 7.92. The number of ether oxygens (including phenoxy) is 2. The van der Waals surface area contributed by atoms with Crippen LogP contribution in [0, 0.1) is 0 Å². The van der Waals surface area contributed by atoms with E-state index in [1.54, 1.807) is 37.4 Å². The van der Waals surface area contributed by atoms with E-state index in [2.05, 4.69) is 5.32 Å². The highest BCUT2D eigenvalue weighted by Gasteiger charge is 2.33. The quantitative estimate of drug-likeness (QED) is 0.436. The number of hydrogen-bond donors (Lipinski definition) is 1. The van der Waals surface area contributed by atoms with Gasteiger partial charge in [-0.2, -0.15) is 0 Å². The molecule has 208 valence electrons. The Bertz CT molecular complexity index is 1200. The Morgan fingerprint density at radius 3 is 2.24 bits per heavy atom. The van der Waals surface area contributed by atoms with Crippen LogP contribution in [0.25, 0.3) is 0 Å². The summed E-state index contributed by atoms with van der Waals surface area (Å²) < 4.78 is 37.2. The molecule has 38 heavy (non-hydrogen) atoms. The van der Waals surface area contributed by atoms with Crippen LogP contribution in [0.1, 0.15) is 51.0 Å². The van der Waals surface area contributed by atoms with E-state index in [-0.39, 0.29) is 18.5 Å². The summed E-state index contributed by atoms with van der Waals surface area (Å²) in [6, 6.07) is 13.1. The van der Waals surface area contributed by atoms with Gasteiger partial charge in [0.2, 0.25) is 21.8 Å². The minimum Gasteiger partial charge on any atom is -0.497 e. The number of nitrogens with zero attached hydrogens (tertiary/aromatic N) is 2. The minimum atomic E-state index is -3.82. The summed E-state index contributed by atoms with van der Waals surface area (Å²) in [5, 5.41) is 3.14. The van der Waals surface area contributed by atoms with Gasteiger partial charge in [-0.1, -0.05) is 44.4 Å². The van der Waals surface area contributed by atoms with E-state index in [4.69, 9.17) is 9.47 Å². The number of hydrogen-bond acceptors (Lipinski definition) is 6. The van der Waals surface area contributed by atoms with E-state index < -0.39 is 28.5 Å². The van der Waals surface area contributed by atoms with Crippen molar-refractivity contribution in [3.8, 4) is 11.5 Å². The number of anilines is 1. The van der Waals surface area contributed by atoms with Crippen LogP contribution in [-0.4, -0.2) is 64.2 Å². The van der Waals surface area contributed by atoms with Crippen molar-refractivity contribution in [2.75, 3.05) is 31.3 Å². The van der Waals surface area contributed by atoms with Crippen LogP contribution in [0.3, 0.4) is 0 Å². The number of benzene rings is 2. The second-order valence-electron chi connectivity index (χ2n) is 9.61. The molecule has 0 saturated heterocycles. The zero-order valence-corrected chi connectivity index (χ0v) is 23.5. The van der Waals surface area contributed by atoms with Crippen LogP contribution in [-0.2, 0) is 26.2 Å². The van der Waals surface area contributed by atoms with E-state index in [0.29, 0.717) is 23.6 Å². The summed E-state index contributed by atoms with van der Waals surface area (Å²) in [5.41, 5.74) is 1.08. The summed E-state index contributed by atoms with van der Waals surface area (Å²) in [7, 11) is -0.771. The lowest BCUT2D eigenvalue weighted by Gasteiger charge is -2.34. The first-order chi connectivity index (χ1) is 18.2. The zero-order chi connectivity index (χ0) is 27.7. The molecule has 0 radical (unpaired) electrons. The normalized spacial score (nSPS) is 14.8. The summed E-state index contributed by atoms with van der Waals surface area (Å²) >= 11 is 0. The van der Waals surface area contributed by atoms with Crippen molar-refractivity contribution in [1.29, 1.82) is 0 Å². The molecule has 2 amide bonds. The molecule has 0 unspecified atom stereocenters. The van der Waals surface area contributed by atoms with Crippen LogP contribution in [0.2, 0.25) is 0 Å². The van der Waals surface area contributed by atoms with Crippen LogP contribution in [0.15, 0.2) is 48.5 Å². The lowest BCUT2D eigenvalue weighted by molar-refractivity contribution is -0.140. The lowest BCUT2D eigenvalue weighted by atomic mass is 9.95. The third-order valence-electron chi connectivity index (χ3n) is 6.85. The molecule has 2 aromatic carbocycles. The molecule has 1 saturated carbocycles. The summed E-state index contributed by atoms with van der Waals surface area (Å²) in [6.45, 7) is 1.53. The molecule has 0 aromatic heterocycles. The third kappa shape index (κ3) is 7.86. The standard InChI is InChI=1S/C28H39N3O6S/c1-5-26(28(33)29-22-12-7-6-8-13-22)30(19-21-11-9-15-24(17-21)36-2)27(32)20-31(38(4,34)35)23-14-10-16-25(18-23)37-3/h9-11,14-18,22,26H,5-8,12-13,19-20H2,1-4H3,(H,29,33)/t26-/m1/s1. The van der Waals surface area contributed by atoms with Gasteiger partial charge in [0, 0.05) is 18.7 Å². The Kier molecular flexibility index (Phi) is 10.4. The molecule has 2 aromatic rings. The highest BCUT2D eigenvalue weighted by Crippen LogP contribution is 2.25. The van der Waals surface area contributed by atoms with Gasteiger partial charge in [-0.15, -0.1) is 0 Å². The largest absolute Gasteiger partial charge is 0.497 e. The van der Waals surface area contributed by atoms with Gasteiger partial charge in [-0.3, -0.25) is 13.9 Å². The molecule has 10 heteroatoms. The Hall–Kier alpha value is -3.27. The van der Waals surface area contributed by atoms with Crippen molar-refractivity contribution >= 4 is 27.5 Å². The highest BCUT2D eigenvalue weighted by atomic mass is 32.2. The first-order valence-electron chi connectivity index (χ1n) is 13.0. The van der Waals surface area contributed by atoms with Gasteiger partial charge >= 0.3 is 0 Å². The molecular formula is C28H39N3O6S. The molecule has 0 bridgehead atoms. The molecule has 1 fully saturated rings. The van der Waals surface area contributed by atoms with Crippen LogP contribution < -0.4 is 19.1 Å². The van der Waals surface area contributed by atoms with E-state index in [0.717, 1.165) is 48.2 Å². The van der Waals surface area contributed by atoms with Crippen molar-refractivity contribution in [3.05, 3.63) is 54.1 Å². The monoisotopic (exact) mass is 545 g/mol. The number of amides is 2. The number of methoxy groups -OCH3 is 2. The Balaban J connectivity index is 1.93. The first-order valence-corrected chi connectivity index (χ1v) is 14.9. The molecule has 1 aliphatic rings. The van der Waals surface area contributed by atoms with Crippen molar-refractivity contribution < 1.29 is 27.5 Å². The maximum Gasteiger partial charge on any atom is 0.244 e. The zero-order valence-electron chi connectivity index (χ0n) is 22.7. The second kappa shape index (κ2) is 13.5. The molecule has 1 atom stereocenters. The van der Waals surface area contributed by atoms with Gasteiger partial charge in [0.25, 0.3) is 0 Å². The number of carbonyl (C=O) groups is 2. The maximum absolute atomic E-state index is 13.9. The van der Waals surface area contributed by atoms with Gasteiger partial charge in [0.05, 0.1) is 26.2 Å². The van der Waals surface area contributed by atoms with Crippen molar-refractivity contribution in [2.45, 2.75) is 64.1 Å². The molecular weight excluding hydrogens is 506 g/mol. The van der Waals surface area contributed by atoms with Gasteiger partial charge in [0.15, 0.2) is 0 Å². The predicted octanol–water partition coefficient (Wildman–Crippen LogP) is 3.73. The van der Waals surface area contributed by atoms with Gasteiger partial charge in [-0.05, 0) is 49.1 Å². The number of carbonyl (C=O) groups excluding carboxylic acids is 2. The van der Waals surface area contributed by atoms with Crippen LogP contribution in [0.4, 0.5) is 5.69 Å². The molecule has 1 aliphatic carbocycles. The lowest BCUT2D eigenvalue weighted by Crippen LogP contribution is -2.53. The van der Waals surface area contributed by atoms with E-state index in [9.17, 15) is 18.0 Å². The number of rotatable bonds is 12. The van der Waals surface area contributed by atoms with Gasteiger partial charge < -0.3 is 19.7 Å². The fourth-order valence-electron chi connectivity index (χ4n) is 4.81. The van der Waals surface area contributed by atoms with E-state index in [1.165, 1.54) is 12.0 Å². The average molecular weight is 546 g/mol. The van der Waals surface area contributed by atoms with Crippen molar-refractivity contribution in [1.82, 2.24) is 10.2 Å². The summed E-state index contributed by atoms with van der Waals surface area (Å²) in [6.07, 6.45) is 6.57. The Morgan fingerprint density at radius 1 is 1.00 bits per heavy atom. The molecule has 0 spiro atoms. The Labute approximate surface area is 226 Å². The minimum absolute atomic E-state index is 0.0865. The molecule has 3 rings (SSSR count). The topological polar surface area (TPSA) is 105 Å². The fourth-order valence-corrected chi connectivity index (χ4v) is 5.65. The molecule has 0 heterocycles. The van der Waals surface area contributed by atoms with Crippen molar-refractivity contribution in [2.24, 2.45) is 0 Å². The number of nitrogens with one attached hydrogen (secondary N) is 1. The van der Waals surface area contributed by atoms with Crippen molar-refractivity contribution in [3.63, 3.8) is 0 Å². The summed E-state index contributed by atoms with van der Waals surface area (Å²) in [4.78, 5) is 28.8. The van der Waals surface area contributed by atoms with Crippen LogP contribution >= 0.6 is 0 Å². The second-order valence-corrected chi connectivity index (χ2v) is 11.5. The molecule has 0 aliphatic heterocycles. The first kappa shape index (κ1) is 29.3. The van der Waals surface area contributed by atoms with Gasteiger partial charge in [0.1, 0.15) is 24.1 Å². The van der Waals surface area contributed by atoms with Gasteiger partial charge in [-0.25, -0.2) is 8.42 Å². The predicted molar refractivity (Wildman–Crippen MR) is 148 cm³/mol. The van der Waals surface area contributed by atoms with E-state index >= 15 is 0 Å². The third-order valence-corrected chi connectivity index (χ3v) is 7.99. The van der Waals surface area contributed by atoms with Crippen LogP contribution in [0.5, 0.6) is 11.5 Å².